The lowest BCUT2D eigenvalue weighted by atomic mass is 9.88. The Bertz CT molecular complexity index is 365. The van der Waals surface area contributed by atoms with E-state index >= 15 is 0 Å². The van der Waals surface area contributed by atoms with Gasteiger partial charge in [0, 0.05) is 11.0 Å². The van der Waals surface area contributed by atoms with E-state index in [1.54, 1.807) is 0 Å². The van der Waals surface area contributed by atoms with Crippen molar-refractivity contribution in [3.63, 3.8) is 0 Å². The van der Waals surface area contributed by atoms with Gasteiger partial charge in [0.25, 0.3) is 0 Å². The monoisotopic (exact) mass is 311 g/mol. The Hall–Kier alpha value is -0.380. The van der Waals surface area contributed by atoms with Crippen LogP contribution in [0.2, 0.25) is 0 Å². The van der Waals surface area contributed by atoms with E-state index in [2.05, 4.69) is 35.0 Å². The molecule has 0 bridgehead atoms. The average Bonchev–Trinajstić information content (AvgIpc) is 2.37. The Kier molecular flexibility index (Phi) is 5.22. The van der Waals surface area contributed by atoms with Crippen LogP contribution in [0, 0.1) is 5.92 Å². The maximum Gasteiger partial charge on any atom is 0.0950 e. The molecule has 0 amide bonds. The highest BCUT2D eigenvalue weighted by Gasteiger charge is 2.23. The fourth-order valence-electron chi connectivity index (χ4n) is 2.68. The molecule has 1 fully saturated rings. The maximum absolute atomic E-state index is 6.20. The molecule has 3 heteroatoms. The van der Waals surface area contributed by atoms with Gasteiger partial charge >= 0.3 is 0 Å². The standard InChI is InChI=1S/C15H22BrNO/c1-11-3-2-4-14(9-11)18-15(10-17)12-5-7-13(16)8-6-12/h5-8,11,14-15H,2-4,9-10,17H2,1H3. The third-order valence-corrected chi connectivity index (χ3v) is 4.23. The van der Waals surface area contributed by atoms with Crippen molar-refractivity contribution in [3.05, 3.63) is 34.3 Å². The second-order valence-electron chi connectivity index (χ2n) is 5.31. The summed E-state index contributed by atoms with van der Waals surface area (Å²) in [6.45, 7) is 2.86. The van der Waals surface area contributed by atoms with E-state index in [0.717, 1.165) is 10.4 Å². The molecule has 1 aliphatic rings. The molecule has 2 rings (SSSR count). The van der Waals surface area contributed by atoms with Crippen LogP contribution in [0.15, 0.2) is 28.7 Å². The summed E-state index contributed by atoms with van der Waals surface area (Å²) in [5.74, 6) is 0.784. The van der Waals surface area contributed by atoms with Crippen molar-refractivity contribution < 1.29 is 4.74 Å². The molecule has 0 heterocycles. The number of rotatable bonds is 4. The number of halogens is 1. The number of ether oxygens (including phenoxy) is 1. The lowest BCUT2D eigenvalue weighted by Crippen LogP contribution is -2.26. The summed E-state index contributed by atoms with van der Waals surface area (Å²) >= 11 is 3.45. The number of hydrogen-bond acceptors (Lipinski definition) is 2. The Labute approximate surface area is 118 Å². The molecule has 3 unspecified atom stereocenters. The topological polar surface area (TPSA) is 35.2 Å². The predicted molar refractivity (Wildman–Crippen MR) is 78.4 cm³/mol. The van der Waals surface area contributed by atoms with Gasteiger partial charge < -0.3 is 10.5 Å². The molecule has 3 atom stereocenters. The minimum Gasteiger partial charge on any atom is -0.369 e. The first kappa shape index (κ1) is 14.0. The summed E-state index contributed by atoms with van der Waals surface area (Å²) in [6.07, 6.45) is 5.39. The highest BCUT2D eigenvalue weighted by Crippen LogP contribution is 2.30. The summed E-state index contributed by atoms with van der Waals surface area (Å²) in [5, 5.41) is 0. The van der Waals surface area contributed by atoms with Gasteiger partial charge in [-0.05, 0) is 36.5 Å². The van der Waals surface area contributed by atoms with E-state index in [1.165, 1.54) is 31.2 Å². The molecular weight excluding hydrogens is 290 g/mol. The zero-order valence-electron chi connectivity index (χ0n) is 10.9. The van der Waals surface area contributed by atoms with Gasteiger partial charge in [-0.3, -0.25) is 0 Å². The lowest BCUT2D eigenvalue weighted by Gasteiger charge is -2.30. The summed E-state index contributed by atoms with van der Waals surface area (Å²) in [5.41, 5.74) is 7.04. The van der Waals surface area contributed by atoms with Gasteiger partial charge in [0.05, 0.1) is 12.2 Å². The molecular formula is C15H22BrNO. The van der Waals surface area contributed by atoms with Crippen molar-refractivity contribution in [2.24, 2.45) is 11.7 Å². The first-order valence-electron chi connectivity index (χ1n) is 6.80. The molecule has 0 aromatic heterocycles. The fourth-order valence-corrected chi connectivity index (χ4v) is 2.95. The largest absolute Gasteiger partial charge is 0.369 e. The van der Waals surface area contributed by atoms with E-state index in [0.29, 0.717) is 12.6 Å². The summed E-state index contributed by atoms with van der Waals surface area (Å²) in [4.78, 5) is 0. The molecule has 1 aromatic carbocycles. The Balaban J connectivity index is 1.98. The molecule has 1 aliphatic carbocycles. The second-order valence-corrected chi connectivity index (χ2v) is 6.22. The van der Waals surface area contributed by atoms with Gasteiger partial charge in [-0.1, -0.05) is 47.8 Å². The Morgan fingerprint density at radius 1 is 1.33 bits per heavy atom. The zero-order chi connectivity index (χ0) is 13.0. The zero-order valence-corrected chi connectivity index (χ0v) is 12.5. The van der Waals surface area contributed by atoms with E-state index in [4.69, 9.17) is 10.5 Å². The minimum absolute atomic E-state index is 0.0356. The van der Waals surface area contributed by atoms with Crippen molar-refractivity contribution in [2.75, 3.05) is 6.54 Å². The molecule has 1 saturated carbocycles. The normalized spacial score (nSPS) is 25.9. The summed E-state index contributed by atoms with van der Waals surface area (Å²) < 4.78 is 7.29. The molecule has 0 spiro atoms. The van der Waals surface area contributed by atoms with Gasteiger partial charge in [0.2, 0.25) is 0 Å². The van der Waals surface area contributed by atoms with Crippen LogP contribution in [0.5, 0.6) is 0 Å². The Morgan fingerprint density at radius 2 is 2.06 bits per heavy atom. The van der Waals surface area contributed by atoms with Crippen LogP contribution in [0.25, 0.3) is 0 Å². The molecule has 2 N–H and O–H groups in total. The first-order chi connectivity index (χ1) is 8.69. The highest BCUT2D eigenvalue weighted by molar-refractivity contribution is 9.10. The molecule has 0 radical (unpaired) electrons. The van der Waals surface area contributed by atoms with Crippen molar-refractivity contribution in [3.8, 4) is 0 Å². The van der Waals surface area contributed by atoms with Crippen molar-refractivity contribution in [2.45, 2.75) is 44.8 Å². The van der Waals surface area contributed by atoms with E-state index < -0.39 is 0 Å². The van der Waals surface area contributed by atoms with Crippen LogP contribution in [-0.2, 0) is 4.74 Å². The maximum atomic E-state index is 6.20. The highest BCUT2D eigenvalue weighted by atomic mass is 79.9. The van der Waals surface area contributed by atoms with Crippen LogP contribution >= 0.6 is 15.9 Å². The first-order valence-corrected chi connectivity index (χ1v) is 7.59. The smallest absolute Gasteiger partial charge is 0.0950 e. The van der Waals surface area contributed by atoms with Crippen molar-refractivity contribution in [1.82, 2.24) is 0 Å². The molecule has 0 saturated heterocycles. The third kappa shape index (κ3) is 3.81. The van der Waals surface area contributed by atoms with Crippen LogP contribution in [0.4, 0.5) is 0 Å². The van der Waals surface area contributed by atoms with Crippen LogP contribution in [-0.4, -0.2) is 12.6 Å². The van der Waals surface area contributed by atoms with Gasteiger partial charge in [-0.2, -0.15) is 0 Å². The van der Waals surface area contributed by atoms with E-state index in [-0.39, 0.29) is 6.10 Å². The number of benzene rings is 1. The quantitative estimate of drug-likeness (QED) is 0.910. The molecule has 18 heavy (non-hydrogen) atoms. The Morgan fingerprint density at radius 3 is 2.67 bits per heavy atom. The SMILES string of the molecule is CC1CCCC(OC(CN)c2ccc(Br)cc2)C1. The molecule has 2 nitrogen and oxygen atoms in total. The van der Waals surface area contributed by atoms with Gasteiger partial charge in [0.15, 0.2) is 0 Å². The number of nitrogens with two attached hydrogens (primary N) is 1. The second kappa shape index (κ2) is 6.69. The number of hydrogen-bond donors (Lipinski definition) is 1. The molecule has 100 valence electrons. The third-order valence-electron chi connectivity index (χ3n) is 3.70. The van der Waals surface area contributed by atoms with E-state index in [9.17, 15) is 0 Å². The fraction of sp³-hybridized carbons (Fsp3) is 0.600. The molecule has 0 aliphatic heterocycles. The van der Waals surface area contributed by atoms with Crippen LogP contribution in [0.3, 0.4) is 0 Å². The van der Waals surface area contributed by atoms with Gasteiger partial charge in [-0.15, -0.1) is 0 Å². The average molecular weight is 312 g/mol. The molecule has 1 aromatic rings. The predicted octanol–water partition coefficient (Wildman–Crippen LogP) is 4.04. The van der Waals surface area contributed by atoms with Crippen molar-refractivity contribution in [1.29, 1.82) is 0 Å². The summed E-state index contributed by atoms with van der Waals surface area (Å²) in [7, 11) is 0. The summed E-state index contributed by atoms with van der Waals surface area (Å²) in [6, 6.07) is 8.28. The minimum atomic E-state index is 0.0356. The van der Waals surface area contributed by atoms with Crippen molar-refractivity contribution >= 4 is 15.9 Å². The van der Waals surface area contributed by atoms with Crippen LogP contribution < -0.4 is 5.73 Å². The van der Waals surface area contributed by atoms with Gasteiger partial charge in [0.1, 0.15) is 0 Å². The van der Waals surface area contributed by atoms with Crippen LogP contribution in [0.1, 0.15) is 44.3 Å². The lowest BCUT2D eigenvalue weighted by molar-refractivity contribution is -0.0361. The van der Waals surface area contributed by atoms with E-state index in [1.807, 2.05) is 12.1 Å². The van der Waals surface area contributed by atoms with Gasteiger partial charge in [-0.25, -0.2) is 0 Å².